The van der Waals surface area contributed by atoms with Crippen LogP contribution in [0.25, 0.3) is 0 Å². The van der Waals surface area contributed by atoms with Gasteiger partial charge >= 0.3 is 0 Å². The van der Waals surface area contributed by atoms with Crippen LogP contribution in [0, 0.1) is 0 Å². The van der Waals surface area contributed by atoms with Crippen molar-refractivity contribution in [2.24, 2.45) is 10.7 Å². The standard InChI is InChI=1S/C13H21N3S/c1-13(2,3)15-12(14)16(11-4-5-11)8-10-6-7-17-9-10/h6-7,9,11H,4-5,8H2,1-3H3,(H2,14,15). The normalized spacial score (nSPS) is 17.2. The molecule has 94 valence electrons. The predicted molar refractivity (Wildman–Crippen MR) is 74.3 cm³/mol. The summed E-state index contributed by atoms with van der Waals surface area (Å²) in [4.78, 5) is 6.82. The molecule has 1 aliphatic rings. The highest BCUT2D eigenvalue weighted by molar-refractivity contribution is 7.07. The molecule has 17 heavy (non-hydrogen) atoms. The first-order valence-electron chi connectivity index (χ1n) is 6.09. The van der Waals surface area contributed by atoms with E-state index in [1.54, 1.807) is 11.3 Å². The van der Waals surface area contributed by atoms with E-state index in [-0.39, 0.29) is 5.54 Å². The molecule has 0 unspecified atom stereocenters. The second-order valence-electron chi connectivity index (χ2n) is 5.63. The van der Waals surface area contributed by atoms with E-state index < -0.39 is 0 Å². The lowest BCUT2D eigenvalue weighted by Crippen LogP contribution is -2.40. The number of aliphatic imine (C=N–C) groups is 1. The Balaban J connectivity index is 2.09. The second kappa shape index (κ2) is 4.69. The zero-order chi connectivity index (χ0) is 12.5. The van der Waals surface area contributed by atoms with Crippen LogP contribution in [-0.2, 0) is 6.54 Å². The molecule has 1 aliphatic carbocycles. The van der Waals surface area contributed by atoms with Gasteiger partial charge in [-0.2, -0.15) is 11.3 Å². The molecule has 4 heteroatoms. The van der Waals surface area contributed by atoms with Crippen molar-refractivity contribution in [3.05, 3.63) is 22.4 Å². The maximum Gasteiger partial charge on any atom is 0.192 e. The summed E-state index contributed by atoms with van der Waals surface area (Å²) in [5.74, 6) is 0.686. The number of guanidine groups is 1. The van der Waals surface area contributed by atoms with Crippen LogP contribution in [0.1, 0.15) is 39.2 Å². The molecule has 1 fully saturated rings. The average Bonchev–Trinajstić information content (AvgIpc) is 2.89. The number of thiophene rings is 1. The van der Waals surface area contributed by atoms with Gasteiger partial charge in [0.05, 0.1) is 5.54 Å². The molecule has 2 rings (SSSR count). The topological polar surface area (TPSA) is 41.6 Å². The van der Waals surface area contributed by atoms with E-state index in [1.807, 2.05) is 0 Å². The molecule has 1 aromatic rings. The fraction of sp³-hybridized carbons (Fsp3) is 0.615. The largest absolute Gasteiger partial charge is 0.370 e. The molecule has 1 heterocycles. The third-order valence-electron chi connectivity index (χ3n) is 2.66. The van der Waals surface area contributed by atoms with E-state index in [0.29, 0.717) is 12.0 Å². The SMILES string of the molecule is CC(C)(C)N=C(N)N(Cc1ccsc1)C1CC1. The van der Waals surface area contributed by atoms with Crippen molar-refractivity contribution in [3.8, 4) is 0 Å². The van der Waals surface area contributed by atoms with E-state index >= 15 is 0 Å². The summed E-state index contributed by atoms with van der Waals surface area (Å²) in [6.07, 6.45) is 2.48. The molecule has 0 aliphatic heterocycles. The number of hydrogen-bond acceptors (Lipinski definition) is 2. The quantitative estimate of drug-likeness (QED) is 0.663. The van der Waals surface area contributed by atoms with Crippen LogP contribution in [0.2, 0.25) is 0 Å². The van der Waals surface area contributed by atoms with Gasteiger partial charge in [0.1, 0.15) is 0 Å². The maximum absolute atomic E-state index is 6.14. The van der Waals surface area contributed by atoms with Gasteiger partial charge in [0, 0.05) is 12.6 Å². The van der Waals surface area contributed by atoms with Gasteiger partial charge in [0.15, 0.2) is 5.96 Å². The van der Waals surface area contributed by atoms with Crippen molar-refractivity contribution in [3.63, 3.8) is 0 Å². The van der Waals surface area contributed by atoms with Gasteiger partial charge in [-0.25, -0.2) is 4.99 Å². The third-order valence-corrected chi connectivity index (χ3v) is 3.40. The highest BCUT2D eigenvalue weighted by atomic mass is 32.1. The first-order valence-corrected chi connectivity index (χ1v) is 7.03. The molecular formula is C13H21N3S. The summed E-state index contributed by atoms with van der Waals surface area (Å²) in [6.45, 7) is 7.13. The van der Waals surface area contributed by atoms with Crippen molar-refractivity contribution >= 4 is 17.3 Å². The minimum atomic E-state index is -0.105. The molecule has 0 radical (unpaired) electrons. The Bertz CT molecular complexity index is 385. The lowest BCUT2D eigenvalue weighted by atomic mass is 10.1. The lowest BCUT2D eigenvalue weighted by Gasteiger charge is -2.25. The molecule has 2 N–H and O–H groups in total. The van der Waals surface area contributed by atoms with Crippen LogP contribution >= 0.6 is 11.3 Å². The fourth-order valence-electron chi connectivity index (χ4n) is 1.77. The van der Waals surface area contributed by atoms with E-state index in [0.717, 1.165) is 6.54 Å². The predicted octanol–water partition coefficient (Wildman–Crippen LogP) is 2.83. The summed E-state index contributed by atoms with van der Waals surface area (Å²) < 4.78 is 0. The van der Waals surface area contributed by atoms with Gasteiger partial charge in [-0.15, -0.1) is 0 Å². The van der Waals surface area contributed by atoms with Gasteiger partial charge < -0.3 is 10.6 Å². The Kier molecular flexibility index (Phi) is 3.43. The van der Waals surface area contributed by atoms with Crippen LogP contribution in [0.5, 0.6) is 0 Å². The third kappa shape index (κ3) is 3.73. The van der Waals surface area contributed by atoms with Crippen LogP contribution < -0.4 is 5.73 Å². The molecule has 0 aromatic carbocycles. The van der Waals surface area contributed by atoms with Crippen molar-refractivity contribution in [1.29, 1.82) is 0 Å². The van der Waals surface area contributed by atoms with Gasteiger partial charge in [0.25, 0.3) is 0 Å². The average molecular weight is 251 g/mol. The highest BCUT2D eigenvalue weighted by Crippen LogP contribution is 2.28. The molecule has 1 saturated carbocycles. The van der Waals surface area contributed by atoms with E-state index in [2.05, 4.69) is 47.5 Å². The van der Waals surface area contributed by atoms with Crippen molar-refractivity contribution in [2.45, 2.75) is 51.7 Å². The van der Waals surface area contributed by atoms with Crippen LogP contribution in [-0.4, -0.2) is 22.4 Å². The van der Waals surface area contributed by atoms with Gasteiger partial charge in [-0.05, 0) is 56.0 Å². The van der Waals surface area contributed by atoms with Crippen molar-refractivity contribution < 1.29 is 0 Å². The number of nitrogens with two attached hydrogens (primary N) is 1. The highest BCUT2D eigenvalue weighted by Gasteiger charge is 2.31. The first-order chi connectivity index (χ1) is 7.96. The molecule has 1 aromatic heterocycles. The number of hydrogen-bond donors (Lipinski definition) is 1. The summed E-state index contributed by atoms with van der Waals surface area (Å²) in [5, 5.41) is 4.29. The van der Waals surface area contributed by atoms with Gasteiger partial charge in [0.2, 0.25) is 0 Å². The van der Waals surface area contributed by atoms with Gasteiger partial charge in [-0.3, -0.25) is 0 Å². The molecule has 0 spiro atoms. The Morgan fingerprint density at radius 3 is 2.71 bits per heavy atom. The second-order valence-corrected chi connectivity index (χ2v) is 6.41. The molecule has 3 nitrogen and oxygen atoms in total. The molecule has 0 bridgehead atoms. The molecule has 0 atom stereocenters. The Morgan fingerprint density at radius 1 is 1.53 bits per heavy atom. The van der Waals surface area contributed by atoms with Crippen LogP contribution in [0.3, 0.4) is 0 Å². The maximum atomic E-state index is 6.14. The number of nitrogens with zero attached hydrogens (tertiary/aromatic N) is 2. The van der Waals surface area contributed by atoms with Crippen LogP contribution in [0.4, 0.5) is 0 Å². The summed E-state index contributed by atoms with van der Waals surface area (Å²) >= 11 is 1.73. The zero-order valence-corrected chi connectivity index (χ0v) is 11.6. The molecule has 0 saturated heterocycles. The summed E-state index contributed by atoms with van der Waals surface area (Å²) in [6, 6.07) is 2.76. The van der Waals surface area contributed by atoms with E-state index in [1.165, 1.54) is 18.4 Å². The minimum Gasteiger partial charge on any atom is -0.370 e. The Hall–Kier alpha value is -1.03. The smallest absolute Gasteiger partial charge is 0.192 e. The first kappa shape index (κ1) is 12.4. The lowest BCUT2D eigenvalue weighted by molar-refractivity contribution is 0.390. The Morgan fingerprint density at radius 2 is 2.24 bits per heavy atom. The zero-order valence-electron chi connectivity index (χ0n) is 10.8. The monoisotopic (exact) mass is 251 g/mol. The van der Waals surface area contributed by atoms with Crippen LogP contribution in [0.15, 0.2) is 21.8 Å². The Labute approximate surface area is 107 Å². The summed E-state index contributed by atoms with van der Waals surface area (Å²) in [7, 11) is 0. The fourth-order valence-corrected chi connectivity index (χ4v) is 2.43. The molecular weight excluding hydrogens is 230 g/mol. The summed E-state index contributed by atoms with van der Waals surface area (Å²) in [5.41, 5.74) is 7.36. The van der Waals surface area contributed by atoms with Gasteiger partial charge in [-0.1, -0.05) is 0 Å². The number of rotatable bonds is 3. The van der Waals surface area contributed by atoms with Crippen molar-refractivity contribution in [1.82, 2.24) is 4.90 Å². The van der Waals surface area contributed by atoms with E-state index in [4.69, 9.17) is 5.73 Å². The molecule has 0 amide bonds. The van der Waals surface area contributed by atoms with E-state index in [9.17, 15) is 0 Å². The minimum absolute atomic E-state index is 0.105. The van der Waals surface area contributed by atoms with Crippen molar-refractivity contribution in [2.75, 3.05) is 0 Å².